The first-order valence-electron chi connectivity index (χ1n) is 3.38. The van der Waals surface area contributed by atoms with Crippen molar-refractivity contribution < 1.29 is 9.05 Å². The Labute approximate surface area is 68.1 Å². The van der Waals surface area contributed by atoms with Crippen molar-refractivity contribution in [2.45, 2.75) is 26.9 Å². The molecule has 0 radical (unpaired) electrons. The lowest BCUT2D eigenvalue weighted by Crippen LogP contribution is -2.01. The van der Waals surface area contributed by atoms with E-state index >= 15 is 0 Å². The minimum Gasteiger partial charge on any atom is -0.330 e. The molecule has 0 aliphatic rings. The lowest BCUT2D eigenvalue weighted by atomic mass is 10.5. The van der Waals surface area contributed by atoms with Gasteiger partial charge in [0.15, 0.2) is 6.49 Å². The summed E-state index contributed by atoms with van der Waals surface area (Å²) in [6, 6.07) is 0. The zero-order chi connectivity index (χ0) is 8.20. The Hall–Kier alpha value is 0.570. The van der Waals surface area contributed by atoms with Gasteiger partial charge in [-0.3, -0.25) is 0 Å². The predicted octanol–water partition coefficient (Wildman–Crippen LogP) is 2.39. The molecule has 0 fully saturated rings. The van der Waals surface area contributed by atoms with Crippen molar-refractivity contribution in [3.8, 4) is 0 Å². The molecular weight excluding hydrogens is 167 g/mol. The topological polar surface area (TPSA) is 18.5 Å². The van der Waals surface area contributed by atoms with Crippen LogP contribution in [-0.4, -0.2) is 19.4 Å². The van der Waals surface area contributed by atoms with Crippen LogP contribution in [0.2, 0.25) is 0 Å². The van der Waals surface area contributed by atoms with Gasteiger partial charge in [-0.1, -0.05) is 0 Å². The second-order valence-electron chi connectivity index (χ2n) is 2.34. The molecule has 4 heteroatoms. The summed E-state index contributed by atoms with van der Waals surface area (Å²) in [6.45, 7) is 6.43. The van der Waals surface area contributed by atoms with Crippen molar-refractivity contribution in [1.29, 1.82) is 0 Å². The number of hydrogen-bond donors (Lipinski definition) is 0. The molecule has 62 valence electrons. The predicted molar refractivity (Wildman–Crippen MR) is 48.1 cm³/mol. The fourth-order valence-electron chi connectivity index (χ4n) is 0.648. The SMILES string of the molecule is CCOP(C)(=S)OC(C)C. The molecule has 10 heavy (non-hydrogen) atoms. The Morgan fingerprint density at radius 2 is 2.00 bits per heavy atom. The van der Waals surface area contributed by atoms with Gasteiger partial charge in [0, 0.05) is 6.66 Å². The van der Waals surface area contributed by atoms with Gasteiger partial charge in [0.2, 0.25) is 0 Å². The van der Waals surface area contributed by atoms with E-state index in [9.17, 15) is 0 Å². The van der Waals surface area contributed by atoms with E-state index in [1.807, 2.05) is 27.4 Å². The zero-order valence-electron chi connectivity index (χ0n) is 6.96. The minimum absolute atomic E-state index is 0.169. The summed E-state index contributed by atoms with van der Waals surface area (Å²) in [4.78, 5) is 0. The lowest BCUT2D eigenvalue weighted by Gasteiger charge is -2.18. The Kier molecular flexibility index (Phi) is 4.70. The van der Waals surface area contributed by atoms with Crippen LogP contribution in [0.25, 0.3) is 0 Å². The summed E-state index contributed by atoms with van der Waals surface area (Å²) in [5, 5.41) is 0. The normalized spacial score (nSPS) is 17.3. The van der Waals surface area contributed by atoms with Gasteiger partial charge >= 0.3 is 0 Å². The van der Waals surface area contributed by atoms with E-state index in [4.69, 9.17) is 20.9 Å². The summed E-state index contributed by atoms with van der Waals surface area (Å²) >= 11 is 5.09. The van der Waals surface area contributed by atoms with E-state index in [0.717, 1.165) is 0 Å². The van der Waals surface area contributed by atoms with E-state index in [2.05, 4.69) is 0 Å². The molecule has 0 aromatic heterocycles. The van der Waals surface area contributed by atoms with Gasteiger partial charge < -0.3 is 9.05 Å². The molecule has 2 nitrogen and oxygen atoms in total. The van der Waals surface area contributed by atoms with Crippen molar-refractivity contribution >= 4 is 18.3 Å². The first-order chi connectivity index (χ1) is 4.48. The van der Waals surface area contributed by atoms with Crippen LogP contribution >= 0.6 is 6.49 Å². The maximum Gasteiger partial charge on any atom is 0.185 e. The van der Waals surface area contributed by atoms with Crippen molar-refractivity contribution in [3.63, 3.8) is 0 Å². The van der Waals surface area contributed by atoms with E-state index in [1.165, 1.54) is 0 Å². The zero-order valence-corrected chi connectivity index (χ0v) is 8.67. The van der Waals surface area contributed by atoms with E-state index in [1.54, 1.807) is 0 Å². The largest absolute Gasteiger partial charge is 0.330 e. The molecular formula is C6H15O2PS. The molecule has 1 atom stereocenters. The van der Waals surface area contributed by atoms with Crippen molar-refractivity contribution in [2.24, 2.45) is 0 Å². The van der Waals surface area contributed by atoms with Gasteiger partial charge in [0.1, 0.15) is 0 Å². The highest BCUT2D eigenvalue weighted by atomic mass is 32.5. The lowest BCUT2D eigenvalue weighted by molar-refractivity contribution is 0.212. The Morgan fingerprint density at radius 1 is 1.50 bits per heavy atom. The summed E-state index contributed by atoms with van der Waals surface area (Å²) in [5.74, 6) is 0. The molecule has 0 aromatic carbocycles. The van der Waals surface area contributed by atoms with Crippen LogP contribution in [0.4, 0.5) is 0 Å². The minimum atomic E-state index is -1.92. The fraction of sp³-hybridized carbons (Fsp3) is 1.00. The van der Waals surface area contributed by atoms with Crippen LogP contribution in [0.3, 0.4) is 0 Å². The summed E-state index contributed by atoms with van der Waals surface area (Å²) < 4.78 is 10.6. The van der Waals surface area contributed by atoms with Crippen LogP contribution in [0.15, 0.2) is 0 Å². The van der Waals surface area contributed by atoms with Gasteiger partial charge in [-0.2, -0.15) is 0 Å². The molecule has 0 heterocycles. The molecule has 1 unspecified atom stereocenters. The fourth-order valence-corrected chi connectivity index (χ4v) is 2.78. The maximum absolute atomic E-state index is 5.38. The molecule has 0 aliphatic heterocycles. The first-order valence-corrected chi connectivity index (χ1v) is 6.47. The monoisotopic (exact) mass is 182 g/mol. The molecule has 0 saturated carbocycles. The Morgan fingerprint density at radius 3 is 2.30 bits per heavy atom. The van der Waals surface area contributed by atoms with Gasteiger partial charge in [-0.05, 0) is 32.6 Å². The van der Waals surface area contributed by atoms with Crippen LogP contribution in [0.5, 0.6) is 0 Å². The van der Waals surface area contributed by atoms with Gasteiger partial charge in [0.25, 0.3) is 0 Å². The smallest absolute Gasteiger partial charge is 0.185 e. The Balaban J connectivity index is 3.75. The van der Waals surface area contributed by atoms with E-state index in [0.29, 0.717) is 6.61 Å². The molecule has 0 spiro atoms. The van der Waals surface area contributed by atoms with Crippen LogP contribution in [-0.2, 0) is 20.9 Å². The molecule has 0 aliphatic carbocycles. The van der Waals surface area contributed by atoms with Crippen molar-refractivity contribution in [3.05, 3.63) is 0 Å². The summed E-state index contributed by atoms with van der Waals surface area (Å²) in [7, 11) is 0. The molecule has 0 rings (SSSR count). The third kappa shape index (κ3) is 5.36. The highest BCUT2D eigenvalue weighted by Crippen LogP contribution is 2.45. The van der Waals surface area contributed by atoms with Crippen LogP contribution < -0.4 is 0 Å². The van der Waals surface area contributed by atoms with Crippen LogP contribution in [0, 0.1) is 0 Å². The molecule has 0 amide bonds. The summed E-state index contributed by atoms with van der Waals surface area (Å²) in [6.07, 6.45) is 0.169. The third-order valence-electron chi connectivity index (χ3n) is 0.766. The maximum atomic E-state index is 5.38. The molecule has 0 aromatic rings. The molecule has 0 saturated heterocycles. The standard InChI is InChI=1S/C6H15O2PS/c1-5-7-9(4,10)8-6(2)3/h6H,5H2,1-4H3. The quantitative estimate of drug-likeness (QED) is 0.622. The first kappa shape index (κ1) is 10.6. The van der Waals surface area contributed by atoms with E-state index in [-0.39, 0.29) is 6.10 Å². The average molecular weight is 182 g/mol. The summed E-state index contributed by atoms with van der Waals surface area (Å²) in [5.41, 5.74) is 0. The highest BCUT2D eigenvalue weighted by Gasteiger charge is 2.11. The van der Waals surface area contributed by atoms with Crippen molar-refractivity contribution in [2.75, 3.05) is 13.3 Å². The van der Waals surface area contributed by atoms with Crippen LogP contribution in [0.1, 0.15) is 20.8 Å². The number of hydrogen-bond acceptors (Lipinski definition) is 3. The van der Waals surface area contributed by atoms with E-state index < -0.39 is 6.49 Å². The molecule has 0 bridgehead atoms. The average Bonchev–Trinajstić information content (AvgIpc) is 1.59. The highest BCUT2D eigenvalue weighted by molar-refractivity contribution is 8.09. The number of rotatable bonds is 4. The third-order valence-corrected chi connectivity index (χ3v) is 2.87. The molecule has 0 N–H and O–H groups in total. The second-order valence-corrected chi connectivity index (χ2v) is 6.34. The second kappa shape index (κ2) is 4.45. The Bertz CT molecular complexity index is 136. The van der Waals surface area contributed by atoms with Crippen molar-refractivity contribution in [1.82, 2.24) is 0 Å². The van der Waals surface area contributed by atoms with Gasteiger partial charge in [-0.15, -0.1) is 0 Å². The van der Waals surface area contributed by atoms with Gasteiger partial charge in [-0.25, -0.2) is 0 Å². The van der Waals surface area contributed by atoms with Gasteiger partial charge in [0.05, 0.1) is 12.7 Å².